The number of hydrogen-bond acceptors (Lipinski definition) is 6. The van der Waals surface area contributed by atoms with Gasteiger partial charge in [0.1, 0.15) is 0 Å². The first kappa shape index (κ1) is 28.1. The fourth-order valence-electron chi connectivity index (χ4n) is 5.13. The maximum atomic E-state index is 13.0. The monoisotopic (exact) mass is 533 g/mol. The smallest absolute Gasteiger partial charge is 0.410 e. The summed E-state index contributed by atoms with van der Waals surface area (Å²) in [5, 5.41) is 3.09. The standard InChI is InChI=1S/C29H39N7O3/c1-4-39-29(38)36-17-13-22(14-18-36)25-8-5-15-31-26(25)33-28(30)32-24-11-9-23(10-12-24)27(37)35(3)20-21-7-6-16-34(2)19-21/h5,8-13,15,21H,4,6-7,14,16-20H2,1-3H3,(H3,30,31,32,33). The zero-order chi connectivity index (χ0) is 27.8. The minimum atomic E-state index is -0.304. The van der Waals surface area contributed by atoms with Gasteiger partial charge in [0.2, 0.25) is 0 Å². The lowest BCUT2D eigenvalue weighted by Crippen LogP contribution is -2.40. The van der Waals surface area contributed by atoms with Crippen LogP contribution < -0.4 is 11.1 Å². The summed E-state index contributed by atoms with van der Waals surface area (Å²) in [5.41, 5.74) is 9.52. The van der Waals surface area contributed by atoms with Crippen molar-refractivity contribution in [3.8, 4) is 0 Å². The number of carbonyl (C=O) groups is 2. The SMILES string of the molecule is CCOC(=O)N1CC=C(c2cccnc2N=C(N)Nc2ccc(C(=O)N(C)CC3CCCN(C)C3)cc2)CC1. The van der Waals surface area contributed by atoms with Crippen molar-refractivity contribution in [3.05, 3.63) is 59.8 Å². The Bertz CT molecular complexity index is 1210. The Hall–Kier alpha value is -3.92. The Labute approximate surface area is 230 Å². The summed E-state index contributed by atoms with van der Waals surface area (Å²) in [6, 6.07) is 11.1. The van der Waals surface area contributed by atoms with Gasteiger partial charge in [0.15, 0.2) is 11.8 Å². The van der Waals surface area contributed by atoms with E-state index in [2.05, 4.69) is 27.2 Å². The van der Waals surface area contributed by atoms with Crippen molar-refractivity contribution in [2.75, 3.05) is 58.7 Å². The van der Waals surface area contributed by atoms with Gasteiger partial charge in [-0.25, -0.2) is 9.78 Å². The van der Waals surface area contributed by atoms with E-state index in [4.69, 9.17) is 10.5 Å². The van der Waals surface area contributed by atoms with Crippen LogP contribution in [0, 0.1) is 5.92 Å². The molecule has 10 heteroatoms. The van der Waals surface area contributed by atoms with E-state index in [1.807, 2.05) is 42.3 Å². The fraction of sp³-hybridized carbons (Fsp3) is 0.448. The second-order valence-electron chi connectivity index (χ2n) is 10.2. The summed E-state index contributed by atoms with van der Waals surface area (Å²) in [4.78, 5) is 39.7. The number of piperidine rings is 1. The number of guanidine groups is 1. The number of aromatic nitrogens is 1. The quantitative estimate of drug-likeness (QED) is 0.411. The van der Waals surface area contributed by atoms with Gasteiger partial charge < -0.3 is 30.5 Å². The minimum absolute atomic E-state index is 0.0109. The molecule has 1 fully saturated rings. The van der Waals surface area contributed by atoms with Crippen molar-refractivity contribution in [1.82, 2.24) is 19.7 Å². The molecule has 1 aromatic heterocycles. The lowest BCUT2D eigenvalue weighted by molar-refractivity contribution is 0.0740. The number of likely N-dealkylation sites (tertiary alicyclic amines) is 1. The number of nitrogens with two attached hydrogens (primary N) is 1. The Kier molecular flexibility index (Phi) is 9.54. The molecule has 4 rings (SSSR count). The van der Waals surface area contributed by atoms with Crippen LogP contribution in [0.5, 0.6) is 0 Å². The zero-order valence-corrected chi connectivity index (χ0v) is 23.1. The average Bonchev–Trinajstić information content (AvgIpc) is 2.93. The molecule has 1 atom stereocenters. The lowest BCUT2D eigenvalue weighted by Gasteiger charge is -2.32. The molecule has 0 bridgehead atoms. The predicted molar refractivity (Wildman–Crippen MR) is 154 cm³/mol. The molecule has 3 heterocycles. The third-order valence-corrected chi connectivity index (χ3v) is 7.10. The van der Waals surface area contributed by atoms with Crippen molar-refractivity contribution in [2.24, 2.45) is 16.6 Å². The lowest BCUT2D eigenvalue weighted by atomic mass is 9.98. The number of ether oxygens (including phenoxy) is 1. The van der Waals surface area contributed by atoms with Gasteiger partial charge in [-0.1, -0.05) is 6.08 Å². The zero-order valence-electron chi connectivity index (χ0n) is 23.1. The highest BCUT2D eigenvalue weighted by molar-refractivity contribution is 5.97. The molecule has 0 spiro atoms. The molecule has 39 heavy (non-hydrogen) atoms. The molecular weight excluding hydrogens is 494 g/mol. The molecule has 0 saturated carbocycles. The van der Waals surface area contributed by atoms with E-state index in [1.165, 1.54) is 6.42 Å². The summed E-state index contributed by atoms with van der Waals surface area (Å²) < 4.78 is 5.10. The highest BCUT2D eigenvalue weighted by Crippen LogP contribution is 2.29. The first-order chi connectivity index (χ1) is 18.8. The van der Waals surface area contributed by atoms with Gasteiger partial charge in [-0.2, -0.15) is 4.99 Å². The van der Waals surface area contributed by atoms with Crippen LogP contribution in [-0.2, 0) is 4.74 Å². The normalized spacial score (nSPS) is 18.3. The molecule has 2 aromatic rings. The Balaban J connectivity index is 1.37. The van der Waals surface area contributed by atoms with E-state index >= 15 is 0 Å². The number of hydrogen-bond donors (Lipinski definition) is 2. The van der Waals surface area contributed by atoms with Crippen LogP contribution in [-0.4, -0.2) is 91.1 Å². The number of benzene rings is 1. The van der Waals surface area contributed by atoms with Crippen molar-refractivity contribution in [3.63, 3.8) is 0 Å². The molecule has 0 aliphatic carbocycles. The number of carbonyl (C=O) groups excluding carboxylic acids is 2. The van der Waals surface area contributed by atoms with Gasteiger partial charge in [-0.3, -0.25) is 4.79 Å². The third kappa shape index (κ3) is 7.57. The summed E-state index contributed by atoms with van der Waals surface area (Å²) >= 11 is 0. The molecule has 1 saturated heterocycles. The topological polar surface area (TPSA) is 116 Å². The Morgan fingerprint density at radius 1 is 1.23 bits per heavy atom. The van der Waals surface area contributed by atoms with Crippen molar-refractivity contribution < 1.29 is 14.3 Å². The number of nitrogens with zero attached hydrogens (tertiary/aromatic N) is 5. The number of amides is 2. The molecule has 1 unspecified atom stereocenters. The summed E-state index contributed by atoms with van der Waals surface area (Å²) in [5.74, 6) is 1.21. The molecule has 2 amide bonds. The highest BCUT2D eigenvalue weighted by atomic mass is 16.6. The van der Waals surface area contributed by atoms with Gasteiger partial charge in [0.05, 0.1) is 6.61 Å². The number of rotatable bonds is 7. The van der Waals surface area contributed by atoms with Crippen molar-refractivity contribution >= 4 is 35.0 Å². The molecule has 208 valence electrons. The van der Waals surface area contributed by atoms with Gasteiger partial charge in [-0.15, -0.1) is 0 Å². The van der Waals surface area contributed by atoms with Crippen LogP contribution in [0.3, 0.4) is 0 Å². The number of pyridine rings is 1. The van der Waals surface area contributed by atoms with Gasteiger partial charge in [0, 0.05) is 56.2 Å². The maximum Gasteiger partial charge on any atom is 0.410 e. The summed E-state index contributed by atoms with van der Waals surface area (Å²) in [6.45, 7) is 6.10. The molecule has 2 aliphatic heterocycles. The van der Waals surface area contributed by atoms with Gasteiger partial charge in [0.25, 0.3) is 5.91 Å². The van der Waals surface area contributed by atoms with Gasteiger partial charge in [-0.05, 0) is 87.7 Å². The first-order valence-electron chi connectivity index (χ1n) is 13.6. The molecule has 0 radical (unpaired) electrons. The van der Waals surface area contributed by atoms with Crippen molar-refractivity contribution in [2.45, 2.75) is 26.2 Å². The average molecular weight is 534 g/mol. The predicted octanol–water partition coefficient (Wildman–Crippen LogP) is 3.80. The van der Waals surface area contributed by atoms with Crippen LogP contribution in [0.4, 0.5) is 16.3 Å². The number of nitrogens with one attached hydrogen (secondary N) is 1. The van der Waals surface area contributed by atoms with E-state index in [0.717, 1.165) is 42.9 Å². The van der Waals surface area contributed by atoms with E-state index in [1.54, 1.807) is 30.2 Å². The number of anilines is 1. The molecule has 10 nitrogen and oxygen atoms in total. The molecule has 1 aromatic carbocycles. The van der Waals surface area contributed by atoms with Crippen LogP contribution in [0.25, 0.3) is 5.57 Å². The van der Waals surface area contributed by atoms with E-state index in [-0.39, 0.29) is 18.0 Å². The van der Waals surface area contributed by atoms with Crippen LogP contribution in [0.1, 0.15) is 42.1 Å². The molecular formula is C29H39N7O3. The first-order valence-corrected chi connectivity index (χ1v) is 13.6. The molecule has 2 aliphatic rings. The van der Waals surface area contributed by atoms with Crippen LogP contribution >= 0.6 is 0 Å². The Morgan fingerprint density at radius 2 is 2.03 bits per heavy atom. The largest absolute Gasteiger partial charge is 0.450 e. The second-order valence-corrected chi connectivity index (χ2v) is 10.2. The second kappa shape index (κ2) is 13.2. The summed E-state index contributed by atoms with van der Waals surface area (Å²) in [6.07, 6.45) is 6.37. The summed E-state index contributed by atoms with van der Waals surface area (Å²) in [7, 11) is 4.01. The van der Waals surface area contributed by atoms with E-state index in [0.29, 0.717) is 43.4 Å². The van der Waals surface area contributed by atoms with Crippen LogP contribution in [0.15, 0.2) is 53.7 Å². The number of aliphatic imine (C=N–C) groups is 1. The fourth-order valence-corrected chi connectivity index (χ4v) is 5.13. The highest BCUT2D eigenvalue weighted by Gasteiger charge is 2.22. The third-order valence-electron chi connectivity index (χ3n) is 7.10. The van der Waals surface area contributed by atoms with Crippen LogP contribution in [0.2, 0.25) is 0 Å². The van der Waals surface area contributed by atoms with Crippen molar-refractivity contribution in [1.29, 1.82) is 0 Å². The Morgan fingerprint density at radius 3 is 2.72 bits per heavy atom. The maximum absolute atomic E-state index is 13.0. The van der Waals surface area contributed by atoms with E-state index < -0.39 is 0 Å². The van der Waals surface area contributed by atoms with Gasteiger partial charge >= 0.3 is 6.09 Å². The molecule has 3 N–H and O–H groups in total. The van der Waals surface area contributed by atoms with E-state index in [9.17, 15) is 9.59 Å². The minimum Gasteiger partial charge on any atom is -0.450 e.